The molecule has 200 valence electrons. The Kier molecular flexibility index (Phi) is 10.7. The van der Waals surface area contributed by atoms with Crippen LogP contribution in [0.25, 0.3) is 0 Å². The summed E-state index contributed by atoms with van der Waals surface area (Å²) in [6.45, 7) is 2.18. The smallest absolute Gasteiger partial charge is 0.337 e. The molecule has 0 saturated carbocycles. The molecule has 1 atom stereocenters. The number of benzene rings is 2. The minimum atomic E-state index is -5.02. The van der Waals surface area contributed by atoms with Crippen LogP contribution in [0, 0.1) is 0 Å². The summed E-state index contributed by atoms with van der Waals surface area (Å²) in [5.74, 6) is -0.260. The Hall–Kier alpha value is -2.21. The lowest BCUT2D eigenvalue weighted by Crippen LogP contribution is -2.34. The largest absolute Gasteiger partial charge is 0.416 e. The van der Waals surface area contributed by atoms with E-state index in [9.17, 15) is 31.1 Å². The molecule has 13 heteroatoms. The lowest BCUT2D eigenvalue weighted by Gasteiger charge is -2.20. The molecule has 0 aliphatic heterocycles. The number of carbonyl (C=O) groups is 1. The summed E-state index contributed by atoms with van der Waals surface area (Å²) in [6.07, 6.45) is -9.48. The highest BCUT2D eigenvalue weighted by Crippen LogP contribution is 2.37. The quantitative estimate of drug-likeness (QED) is 0.231. The summed E-state index contributed by atoms with van der Waals surface area (Å²) >= 11 is 12.1. The molecule has 0 spiro atoms. The van der Waals surface area contributed by atoms with Gasteiger partial charge in [-0.2, -0.15) is 26.3 Å². The normalized spacial score (nSPS) is 13.1. The van der Waals surface area contributed by atoms with E-state index in [-0.39, 0.29) is 18.5 Å². The number of nitrogens with zero attached hydrogens (tertiary/aromatic N) is 1. The third kappa shape index (κ3) is 9.68. The van der Waals surface area contributed by atoms with Crippen molar-refractivity contribution in [3.63, 3.8) is 0 Å². The van der Waals surface area contributed by atoms with Crippen molar-refractivity contribution >= 4 is 34.9 Å². The molecule has 1 unspecified atom stereocenters. The molecule has 0 aliphatic rings. The van der Waals surface area contributed by atoms with Gasteiger partial charge in [0.05, 0.1) is 21.2 Å². The van der Waals surface area contributed by atoms with Crippen LogP contribution in [0.3, 0.4) is 0 Å². The Morgan fingerprint density at radius 1 is 0.917 bits per heavy atom. The molecule has 0 fully saturated rings. The molecule has 36 heavy (non-hydrogen) atoms. The van der Waals surface area contributed by atoms with Crippen molar-refractivity contribution in [3.8, 4) is 0 Å². The molecule has 0 saturated heterocycles. The lowest BCUT2D eigenvalue weighted by atomic mass is 9.95. The number of alkyl halides is 6. The molecule has 2 rings (SSSR count). The monoisotopic (exact) mass is 558 g/mol. The Labute approximate surface area is 215 Å². The van der Waals surface area contributed by atoms with Crippen LogP contribution in [0.1, 0.15) is 29.0 Å². The molecule has 0 radical (unpaired) electrons. The van der Waals surface area contributed by atoms with E-state index >= 15 is 0 Å². The summed E-state index contributed by atoms with van der Waals surface area (Å²) < 4.78 is 78.4. The lowest BCUT2D eigenvalue weighted by molar-refractivity contribution is -0.143. The average molecular weight is 559 g/mol. The number of amides is 2. The van der Waals surface area contributed by atoms with Crippen molar-refractivity contribution in [2.24, 2.45) is 0 Å². The van der Waals surface area contributed by atoms with Crippen LogP contribution in [-0.2, 0) is 12.4 Å². The molecule has 0 heterocycles. The Balaban J connectivity index is 2.12. The predicted molar refractivity (Wildman–Crippen MR) is 129 cm³/mol. The van der Waals surface area contributed by atoms with Crippen molar-refractivity contribution in [2.45, 2.75) is 24.7 Å². The van der Waals surface area contributed by atoms with E-state index in [0.717, 1.165) is 18.7 Å². The first-order valence-electron chi connectivity index (χ1n) is 10.8. The third-order valence-corrected chi connectivity index (χ3v) is 5.91. The molecule has 2 amide bonds. The number of hydrogen-bond acceptors (Lipinski definition) is 3. The van der Waals surface area contributed by atoms with Gasteiger partial charge in [0, 0.05) is 31.2 Å². The number of urea groups is 1. The van der Waals surface area contributed by atoms with Gasteiger partial charge in [-0.1, -0.05) is 29.3 Å². The molecule has 5 nitrogen and oxygen atoms in total. The zero-order valence-corrected chi connectivity index (χ0v) is 21.0. The topological polar surface area (TPSA) is 56.4 Å². The zero-order chi connectivity index (χ0) is 27.1. The first-order chi connectivity index (χ1) is 16.7. The van der Waals surface area contributed by atoms with Gasteiger partial charge in [-0.05, 0) is 63.0 Å². The van der Waals surface area contributed by atoms with Crippen molar-refractivity contribution < 1.29 is 31.1 Å². The highest BCUT2D eigenvalue weighted by atomic mass is 35.5. The number of anilines is 1. The number of hydrogen-bond donors (Lipinski definition) is 3. The molecule has 0 aromatic heterocycles. The van der Waals surface area contributed by atoms with E-state index in [4.69, 9.17) is 23.2 Å². The maximum atomic E-state index is 13.1. The summed E-state index contributed by atoms with van der Waals surface area (Å²) in [7, 11) is 3.87. The van der Waals surface area contributed by atoms with Crippen molar-refractivity contribution in [3.05, 3.63) is 63.1 Å². The van der Waals surface area contributed by atoms with Gasteiger partial charge < -0.3 is 20.9 Å². The Morgan fingerprint density at radius 2 is 1.53 bits per heavy atom. The zero-order valence-electron chi connectivity index (χ0n) is 19.5. The summed E-state index contributed by atoms with van der Waals surface area (Å²) in [6, 6.07) is 4.92. The van der Waals surface area contributed by atoms with Crippen LogP contribution in [-0.4, -0.2) is 51.2 Å². The molecule has 3 N–H and O–H groups in total. The minimum Gasteiger partial charge on any atom is -0.337 e. The summed E-state index contributed by atoms with van der Waals surface area (Å²) in [4.78, 5) is 14.4. The van der Waals surface area contributed by atoms with Crippen LogP contribution in [0.4, 0.5) is 36.8 Å². The van der Waals surface area contributed by atoms with Gasteiger partial charge in [0.25, 0.3) is 0 Å². The summed E-state index contributed by atoms with van der Waals surface area (Å²) in [5, 5.41) is 8.51. The first-order valence-corrected chi connectivity index (χ1v) is 11.6. The fourth-order valence-corrected chi connectivity index (χ4v) is 3.58. The third-order valence-electron chi connectivity index (χ3n) is 5.17. The SMILES string of the molecule is CN(C)CCNCCC(CNC(=O)Nc1cc(C(F)(F)F)cc(C(F)(F)F)c1)c1ccc(Cl)c(Cl)c1. The standard InChI is InChI=1S/C23H26Cl2F6N4O/c1-35(2)8-7-32-6-5-15(14-3-4-19(24)20(25)9-14)13-33-21(36)34-18-11-16(22(26,27)28)10-17(12-18)23(29,30)31/h3-4,9-12,15,32H,5-8,13H2,1-2H3,(H2,33,34,36). The fourth-order valence-electron chi connectivity index (χ4n) is 3.28. The van der Waals surface area contributed by atoms with Gasteiger partial charge in [0.1, 0.15) is 0 Å². The second-order valence-electron chi connectivity index (χ2n) is 8.34. The fraction of sp³-hybridized carbons (Fsp3) is 0.435. The van der Waals surface area contributed by atoms with Gasteiger partial charge in [0.2, 0.25) is 0 Å². The Morgan fingerprint density at radius 3 is 2.06 bits per heavy atom. The van der Waals surface area contributed by atoms with Crippen LogP contribution >= 0.6 is 23.2 Å². The predicted octanol–water partition coefficient (Wildman–Crippen LogP) is 6.48. The number of carbonyl (C=O) groups excluding carboxylic acids is 1. The van der Waals surface area contributed by atoms with E-state index in [0.29, 0.717) is 35.1 Å². The number of halogens is 8. The van der Waals surface area contributed by atoms with Gasteiger partial charge in [-0.3, -0.25) is 0 Å². The van der Waals surface area contributed by atoms with Gasteiger partial charge in [0.15, 0.2) is 0 Å². The van der Waals surface area contributed by atoms with Crippen LogP contribution in [0.15, 0.2) is 36.4 Å². The number of nitrogens with one attached hydrogen (secondary N) is 3. The number of rotatable bonds is 10. The van der Waals surface area contributed by atoms with Crippen molar-refractivity contribution in [1.82, 2.24) is 15.5 Å². The highest BCUT2D eigenvalue weighted by molar-refractivity contribution is 6.42. The van der Waals surface area contributed by atoms with Crippen molar-refractivity contribution in [2.75, 3.05) is 45.6 Å². The van der Waals surface area contributed by atoms with Crippen molar-refractivity contribution in [1.29, 1.82) is 0 Å². The van der Waals surface area contributed by atoms with E-state index in [2.05, 4.69) is 16.0 Å². The second kappa shape index (κ2) is 12.8. The molecule has 2 aromatic rings. The van der Waals surface area contributed by atoms with E-state index in [1.165, 1.54) is 0 Å². The van der Waals surface area contributed by atoms with E-state index in [1.807, 2.05) is 19.0 Å². The van der Waals surface area contributed by atoms with Gasteiger partial charge in [-0.25, -0.2) is 4.79 Å². The molecule has 0 bridgehead atoms. The molecule has 0 aliphatic carbocycles. The van der Waals surface area contributed by atoms with Crippen LogP contribution < -0.4 is 16.0 Å². The van der Waals surface area contributed by atoms with Crippen LogP contribution in [0.5, 0.6) is 0 Å². The van der Waals surface area contributed by atoms with Gasteiger partial charge >= 0.3 is 18.4 Å². The second-order valence-corrected chi connectivity index (χ2v) is 9.16. The van der Waals surface area contributed by atoms with Gasteiger partial charge in [-0.15, -0.1) is 0 Å². The highest BCUT2D eigenvalue weighted by Gasteiger charge is 2.37. The first kappa shape index (κ1) is 30.0. The molecule has 2 aromatic carbocycles. The van der Waals surface area contributed by atoms with E-state index in [1.54, 1.807) is 18.2 Å². The Bertz CT molecular complexity index is 998. The maximum Gasteiger partial charge on any atom is 0.416 e. The maximum absolute atomic E-state index is 13.1. The average Bonchev–Trinajstić information content (AvgIpc) is 2.76. The molecular formula is C23H26Cl2F6N4O. The minimum absolute atomic E-state index is 0.00725. The molecular weight excluding hydrogens is 533 g/mol. The summed E-state index contributed by atoms with van der Waals surface area (Å²) in [5.41, 5.74) is -2.92. The van der Waals surface area contributed by atoms with Crippen LogP contribution in [0.2, 0.25) is 10.0 Å². The van der Waals surface area contributed by atoms with E-state index < -0.39 is 35.2 Å². The number of likely N-dealkylation sites (N-methyl/N-ethyl adjacent to an activating group) is 1.